The first-order chi connectivity index (χ1) is 12.8. The number of sulfone groups is 1. The molecular formula is C18H24N4O3S2. The van der Waals surface area contributed by atoms with Crippen LogP contribution in [0.25, 0.3) is 10.6 Å². The van der Waals surface area contributed by atoms with E-state index in [0.717, 1.165) is 10.6 Å². The number of hydrogen-bond acceptors (Lipinski definition) is 7. The van der Waals surface area contributed by atoms with Crippen LogP contribution in [0.1, 0.15) is 12.1 Å². The SMILES string of the molecule is CN(C)CCN(C(=O)Cc1csc(-c2cccnc2)n1)[C@@H]1CCS(=O)(=O)C1. The van der Waals surface area contributed by atoms with Gasteiger partial charge in [0.05, 0.1) is 23.6 Å². The van der Waals surface area contributed by atoms with Gasteiger partial charge in [0, 0.05) is 42.5 Å². The molecule has 0 aliphatic carbocycles. The quantitative estimate of drug-likeness (QED) is 0.687. The lowest BCUT2D eigenvalue weighted by atomic mass is 10.2. The van der Waals surface area contributed by atoms with Crippen molar-refractivity contribution in [2.24, 2.45) is 0 Å². The highest BCUT2D eigenvalue weighted by molar-refractivity contribution is 7.91. The van der Waals surface area contributed by atoms with Crippen LogP contribution >= 0.6 is 11.3 Å². The summed E-state index contributed by atoms with van der Waals surface area (Å²) < 4.78 is 23.7. The summed E-state index contributed by atoms with van der Waals surface area (Å²) in [7, 11) is 0.833. The highest BCUT2D eigenvalue weighted by Gasteiger charge is 2.34. The molecule has 1 fully saturated rings. The molecule has 1 atom stereocenters. The predicted octanol–water partition coefficient (Wildman–Crippen LogP) is 1.32. The van der Waals surface area contributed by atoms with Gasteiger partial charge in [-0.2, -0.15) is 0 Å². The average Bonchev–Trinajstić information content (AvgIpc) is 3.22. The average molecular weight is 409 g/mol. The molecule has 0 unspecified atom stereocenters. The second-order valence-electron chi connectivity index (χ2n) is 7.01. The molecule has 1 aliphatic rings. The van der Waals surface area contributed by atoms with Gasteiger partial charge in [0.15, 0.2) is 9.84 Å². The van der Waals surface area contributed by atoms with Gasteiger partial charge in [-0.15, -0.1) is 11.3 Å². The molecule has 0 N–H and O–H groups in total. The summed E-state index contributed by atoms with van der Waals surface area (Å²) in [5, 5.41) is 2.71. The molecule has 7 nitrogen and oxygen atoms in total. The van der Waals surface area contributed by atoms with Crippen molar-refractivity contribution in [3.8, 4) is 10.6 Å². The Bertz CT molecular complexity index is 881. The van der Waals surface area contributed by atoms with E-state index in [2.05, 4.69) is 9.97 Å². The molecule has 0 bridgehead atoms. The van der Waals surface area contributed by atoms with E-state index in [1.165, 1.54) is 11.3 Å². The Kier molecular flexibility index (Phi) is 6.23. The molecule has 2 aromatic heterocycles. The number of likely N-dealkylation sites (N-methyl/N-ethyl adjacent to an activating group) is 1. The van der Waals surface area contributed by atoms with Crippen LogP contribution in [0.4, 0.5) is 0 Å². The maximum atomic E-state index is 12.9. The fourth-order valence-electron chi connectivity index (χ4n) is 3.11. The molecule has 1 aliphatic heterocycles. The van der Waals surface area contributed by atoms with Crippen LogP contribution in [0.5, 0.6) is 0 Å². The Labute approximate surface area is 164 Å². The van der Waals surface area contributed by atoms with Gasteiger partial charge in [-0.05, 0) is 32.6 Å². The molecule has 146 valence electrons. The smallest absolute Gasteiger partial charge is 0.228 e. The third-order valence-electron chi connectivity index (χ3n) is 4.55. The fraction of sp³-hybridized carbons (Fsp3) is 0.500. The zero-order valence-corrected chi connectivity index (χ0v) is 17.2. The van der Waals surface area contributed by atoms with E-state index in [0.29, 0.717) is 25.2 Å². The minimum Gasteiger partial charge on any atom is -0.337 e. The second kappa shape index (κ2) is 8.45. The van der Waals surface area contributed by atoms with Crippen molar-refractivity contribution in [3.05, 3.63) is 35.6 Å². The van der Waals surface area contributed by atoms with Crippen molar-refractivity contribution >= 4 is 27.1 Å². The number of rotatable bonds is 7. The molecule has 2 aromatic rings. The number of aromatic nitrogens is 2. The highest BCUT2D eigenvalue weighted by Crippen LogP contribution is 2.24. The van der Waals surface area contributed by atoms with Gasteiger partial charge in [-0.1, -0.05) is 0 Å². The van der Waals surface area contributed by atoms with Crippen molar-refractivity contribution in [3.63, 3.8) is 0 Å². The summed E-state index contributed by atoms with van der Waals surface area (Å²) in [5.41, 5.74) is 1.63. The van der Waals surface area contributed by atoms with E-state index in [1.807, 2.05) is 36.5 Å². The lowest BCUT2D eigenvalue weighted by Gasteiger charge is -2.29. The minimum absolute atomic E-state index is 0.0597. The molecule has 3 heterocycles. The number of pyridine rings is 1. The molecule has 3 rings (SSSR count). The zero-order valence-electron chi connectivity index (χ0n) is 15.5. The van der Waals surface area contributed by atoms with Crippen LogP contribution in [0, 0.1) is 0 Å². The number of amides is 1. The van der Waals surface area contributed by atoms with E-state index in [9.17, 15) is 13.2 Å². The largest absolute Gasteiger partial charge is 0.337 e. The van der Waals surface area contributed by atoms with Crippen molar-refractivity contribution < 1.29 is 13.2 Å². The summed E-state index contributed by atoms with van der Waals surface area (Å²) in [4.78, 5) is 25.3. The highest BCUT2D eigenvalue weighted by atomic mass is 32.2. The van der Waals surface area contributed by atoms with E-state index < -0.39 is 9.84 Å². The Hall–Kier alpha value is -1.84. The standard InChI is InChI=1S/C18H24N4O3S2/c1-21(2)7-8-22(16-5-9-27(24,25)13-16)17(23)10-15-12-26-18(20-15)14-4-3-6-19-11-14/h3-4,6,11-12,16H,5,7-10,13H2,1-2H3/t16-/m1/s1. The molecule has 0 saturated carbocycles. The van der Waals surface area contributed by atoms with Crippen LogP contribution in [0.2, 0.25) is 0 Å². The van der Waals surface area contributed by atoms with Crippen LogP contribution in [-0.2, 0) is 21.1 Å². The van der Waals surface area contributed by atoms with Crippen LogP contribution in [0.3, 0.4) is 0 Å². The van der Waals surface area contributed by atoms with Gasteiger partial charge in [0.25, 0.3) is 0 Å². The number of carbonyl (C=O) groups excluding carboxylic acids is 1. The third-order valence-corrected chi connectivity index (χ3v) is 7.24. The van der Waals surface area contributed by atoms with Crippen molar-refractivity contribution in [2.45, 2.75) is 18.9 Å². The molecule has 9 heteroatoms. The van der Waals surface area contributed by atoms with Crippen molar-refractivity contribution in [2.75, 3.05) is 38.7 Å². The molecular weight excluding hydrogens is 384 g/mol. The Morgan fingerprint density at radius 1 is 1.33 bits per heavy atom. The minimum atomic E-state index is -3.05. The monoisotopic (exact) mass is 408 g/mol. The first kappa shape index (κ1) is 19.9. The van der Waals surface area contributed by atoms with Gasteiger partial charge in [0.1, 0.15) is 5.01 Å². The molecule has 1 amide bonds. The third kappa shape index (κ3) is 5.33. The lowest BCUT2D eigenvalue weighted by Crippen LogP contribution is -2.45. The number of carbonyl (C=O) groups is 1. The van der Waals surface area contributed by atoms with Gasteiger partial charge in [-0.3, -0.25) is 9.78 Å². The fourth-order valence-corrected chi connectivity index (χ4v) is 5.65. The van der Waals surface area contributed by atoms with Gasteiger partial charge in [-0.25, -0.2) is 13.4 Å². The molecule has 0 radical (unpaired) electrons. The van der Waals surface area contributed by atoms with Crippen molar-refractivity contribution in [1.82, 2.24) is 19.8 Å². The maximum Gasteiger partial charge on any atom is 0.228 e. The van der Waals surface area contributed by atoms with Crippen LogP contribution in [-0.4, -0.2) is 78.8 Å². The summed E-state index contributed by atoms with van der Waals surface area (Å²) >= 11 is 1.48. The normalized spacial score (nSPS) is 18.7. The summed E-state index contributed by atoms with van der Waals surface area (Å²) in [5.74, 6) is 0.150. The first-order valence-electron chi connectivity index (χ1n) is 8.83. The first-order valence-corrected chi connectivity index (χ1v) is 11.5. The molecule has 1 saturated heterocycles. The number of thiazole rings is 1. The van der Waals surface area contributed by atoms with Gasteiger partial charge >= 0.3 is 0 Å². The molecule has 27 heavy (non-hydrogen) atoms. The van der Waals surface area contributed by atoms with E-state index in [1.54, 1.807) is 17.3 Å². The summed E-state index contributed by atoms with van der Waals surface area (Å²) in [6, 6.07) is 3.55. The van der Waals surface area contributed by atoms with E-state index in [4.69, 9.17) is 0 Å². The van der Waals surface area contributed by atoms with Crippen molar-refractivity contribution in [1.29, 1.82) is 0 Å². The van der Waals surface area contributed by atoms with Gasteiger partial charge in [0.2, 0.25) is 5.91 Å². The maximum absolute atomic E-state index is 12.9. The number of nitrogens with zero attached hydrogens (tertiary/aromatic N) is 4. The topological polar surface area (TPSA) is 83.5 Å². The van der Waals surface area contributed by atoms with Gasteiger partial charge < -0.3 is 9.80 Å². The summed E-state index contributed by atoms with van der Waals surface area (Å²) in [6.45, 7) is 1.21. The Balaban J connectivity index is 1.71. The van der Waals surface area contributed by atoms with E-state index >= 15 is 0 Å². The van der Waals surface area contributed by atoms with E-state index in [-0.39, 0.29) is 29.9 Å². The number of hydrogen-bond donors (Lipinski definition) is 0. The molecule has 0 aromatic carbocycles. The molecule has 0 spiro atoms. The Morgan fingerprint density at radius 2 is 2.15 bits per heavy atom. The van der Waals surface area contributed by atoms with Crippen LogP contribution in [0.15, 0.2) is 29.9 Å². The second-order valence-corrected chi connectivity index (χ2v) is 10.1. The Morgan fingerprint density at radius 3 is 2.78 bits per heavy atom. The summed E-state index contributed by atoms with van der Waals surface area (Å²) in [6.07, 6.45) is 4.15. The van der Waals surface area contributed by atoms with Crippen LogP contribution < -0.4 is 0 Å². The zero-order chi connectivity index (χ0) is 19.4. The predicted molar refractivity (Wildman–Crippen MR) is 106 cm³/mol. The lowest BCUT2D eigenvalue weighted by molar-refractivity contribution is -0.132.